The summed E-state index contributed by atoms with van der Waals surface area (Å²) in [5, 5.41) is 0. The topological polar surface area (TPSA) is 88.1 Å². The highest BCUT2D eigenvalue weighted by molar-refractivity contribution is 9.10. The van der Waals surface area contributed by atoms with Crippen LogP contribution in [-0.2, 0) is 23.9 Å². The number of halogens is 1. The molecular weight excluding hydrogens is 360 g/mol. The summed E-state index contributed by atoms with van der Waals surface area (Å²) in [5.74, 6) is -1.72. The molecule has 1 aromatic carbocycles. The first-order valence-electron chi connectivity index (χ1n) is 6.15. The van der Waals surface area contributed by atoms with Crippen LogP contribution in [0.25, 0.3) is 0 Å². The number of benzene rings is 1. The molecule has 1 aromatic rings. The van der Waals surface area contributed by atoms with Crippen molar-refractivity contribution in [3.8, 4) is 11.5 Å². The standard InChI is InChI=1S/C14H15BrO7/c1-7(16)20-13-11(5-10(15)6-12(13)19-4)14(21-8(2)17)22-9(3)18/h5-6,14H,1-4H3. The van der Waals surface area contributed by atoms with E-state index in [0.29, 0.717) is 4.47 Å². The third-order valence-electron chi connectivity index (χ3n) is 2.31. The van der Waals surface area contributed by atoms with Gasteiger partial charge in [-0.1, -0.05) is 15.9 Å². The number of rotatable bonds is 5. The van der Waals surface area contributed by atoms with Gasteiger partial charge < -0.3 is 18.9 Å². The van der Waals surface area contributed by atoms with Gasteiger partial charge in [0.15, 0.2) is 11.5 Å². The quantitative estimate of drug-likeness (QED) is 0.444. The van der Waals surface area contributed by atoms with Crippen LogP contribution in [0.3, 0.4) is 0 Å². The SMILES string of the molecule is COc1cc(Br)cc(C(OC(C)=O)OC(C)=O)c1OC(C)=O. The van der Waals surface area contributed by atoms with E-state index in [1.165, 1.54) is 20.1 Å². The molecule has 7 nitrogen and oxygen atoms in total. The van der Waals surface area contributed by atoms with E-state index in [9.17, 15) is 14.4 Å². The van der Waals surface area contributed by atoms with E-state index >= 15 is 0 Å². The van der Waals surface area contributed by atoms with Crippen LogP contribution in [-0.4, -0.2) is 25.0 Å². The van der Waals surface area contributed by atoms with Crippen molar-refractivity contribution in [3.63, 3.8) is 0 Å². The lowest BCUT2D eigenvalue weighted by atomic mass is 10.1. The first kappa shape index (κ1) is 18.0. The van der Waals surface area contributed by atoms with Crippen LogP contribution in [0.4, 0.5) is 0 Å². The van der Waals surface area contributed by atoms with Crippen molar-refractivity contribution in [2.24, 2.45) is 0 Å². The molecule has 0 spiro atoms. The monoisotopic (exact) mass is 374 g/mol. The molecule has 0 bridgehead atoms. The normalized spacial score (nSPS) is 10.1. The molecule has 0 radical (unpaired) electrons. The maximum Gasteiger partial charge on any atom is 0.308 e. The molecule has 0 aromatic heterocycles. The van der Waals surface area contributed by atoms with Crippen LogP contribution in [0.5, 0.6) is 11.5 Å². The van der Waals surface area contributed by atoms with Gasteiger partial charge in [0.05, 0.1) is 12.7 Å². The third-order valence-corrected chi connectivity index (χ3v) is 2.77. The summed E-state index contributed by atoms with van der Waals surface area (Å²) in [6.45, 7) is 3.53. The molecule has 1 rings (SSSR count). The second-order valence-electron chi connectivity index (χ2n) is 4.17. The highest BCUT2D eigenvalue weighted by Gasteiger charge is 2.26. The fraction of sp³-hybridized carbons (Fsp3) is 0.357. The van der Waals surface area contributed by atoms with Crippen LogP contribution in [0.2, 0.25) is 0 Å². The van der Waals surface area contributed by atoms with Crippen molar-refractivity contribution in [3.05, 3.63) is 22.2 Å². The van der Waals surface area contributed by atoms with Crippen LogP contribution in [0, 0.1) is 0 Å². The summed E-state index contributed by atoms with van der Waals surface area (Å²) in [5.41, 5.74) is 0.159. The Morgan fingerprint density at radius 2 is 1.55 bits per heavy atom. The molecule has 0 unspecified atom stereocenters. The number of carbonyl (C=O) groups is 3. The van der Waals surface area contributed by atoms with E-state index in [-0.39, 0.29) is 17.1 Å². The van der Waals surface area contributed by atoms with Crippen molar-refractivity contribution in [1.29, 1.82) is 0 Å². The Balaban J connectivity index is 3.43. The smallest absolute Gasteiger partial charge is 0.308 e. The number of methoxy groups -OCH3 is 1. The summed E-state index contributed by atoms with van der Waals surface area (Å²) in [4.78, 5) is 33.7. The lowest BCUT2D eigenvalue weighted by Gasteiger charge is -2.21. The minimum Gasteiger partial charge on any atom is -0.493 e. The Kier molecular flexibility index (Phi) is 6.36. The molecule has 0 saturated carbocycles. The van der Waals surface area contributed by atoms with Crippen LogP contribution in [0.1, 0.15) is 32.6 Å². The molecule has 0 amide bonds. The number of hydrogen-bond acceptors (Lipinski definition) is 7. The molecule has 22 heavy (non-hydrogen) atoms. The van der Waals surface area contributed by atoms with Crippen LogP contribution in [0.15, 0.2) is 16.6 Å². The molecule has 0 aliphatic rings. The molecule has 0 fully saturated rings. The zero-order chi connectivity index (χ0) is 16.9. The maximum atomic E-state index is 11.3. The Bertz CT molecular complexity index is 581. The number of carbonyl (C=O) groups excluding carboxylic acids is 3. The summed E-state index contributed by atoms with van der Waals surface area (Å²) < 4.78 is 20.7. The van der Waals surface area contributed by atoms with Crippen LogP contribution >= 0.6 is 15.9 Å². The van der Waals surface area contributed by atoms with E-state index in [1.54, 1.807) is 6.07 Å². The van der Waals surface area contributed by atoms with E-state index < -0.39 is 24.2 Å². The van der Waals surface area contributed by atoms with Crippen molar-refractivity contribution in [1.82, 2.24) is 0 Å². The molecule has 0 heterocycles. The molecule has 120 valence electrons. The van der Waals surface area contributed by atoms with Gasteiger partial charge in [0.25, 0.3) is 6.29 Å². The zero-order valence-electron chi connectivity index (χ0n) is 12.5. The van der Waals surface area contributed by atoms with Crippen molar-refractivity contribution >= 4 is 33.8 Å². The maximum absolute atomic E-state index is 11.3. The van der Waals surface area contributed by atoms with Gasteiger partial charge in [-0.25, -0.2) is 0 Å². The summed E-state index contributed by atoms with van der Waals surface area (Å²) in [6, 6.07) is 3.05. The largest absolute Gasteiger partial charge is 0.493 e. The second kappa shape index (κ2) is 7.79. The summed E-state index contributed by atoms with van der Waals surface area (Å²) in [7, 11) is 1.38. The Morgan fingerprint density at radius 3 is 1.95 bits per heavy atom. The molecule has 0 aliphatic heterocycles. The van der Waals surface area contributed by atoms with Gasteiger partial charge in [-0.15, -0.1) is 0 Å². The van der Waals surface area contributed by atoms with Crippen molar-refractivity contribution < 1.29 is 33.3 Å². The second-order valence-corrected chi connectivity index (χ2v) is 5.09. The molecule has 0 saturated heterocycles. The number of esters is 3. The molecular formula is C14H15BrO7. The molecule has 8 heteroatoms. The molecule has 0 atom stereocenters. The predicted octanol–water partition coefficient (Wildman–Crippen LogP) is 2.51. The Morgan fingerprint density at radius 1 is 1.00 bits per heavy atom. The average Bonchev–Trinajstić information content (AvgIpc) is 2.37. The summed E-state index contributed by atoms with van der Waals surface area (Å²) >= 11 is 3.25. The highest BCUT2D eigenvalue weighted by atomic mass is 79.9. The van der Waals surface area contributed by atoms with Gasteiger partial charge in [0.2, 0.25) is 0 Å². The number of hydrogen-bond donors (Lipinski definition) is 0. The average molecular weight is 375 g/mol. The van der Waals surface area contributed by atoms with E-state index in [2.05, 4.69) is 15.9 Å². The number of ether oxygens (including phenoxy) is 4. The fourth-order valence-corrected chi connectivity index (χ4v) is 2.08. The lowest BCUT2D eigenvalue weighted by Crippen LogP contribution is -2.17. The predicted molar refractivity (Wildman–Crippen MR) is 78.3 cm³/mol. The van der Waals surface area contributed by atoms with E-state index in [0.717, 1.165) is 13.8 Å². The van der Waals surface area contributed by atoms with E-state index in [1.807, 2.05) is 0 Å². The van der Waals surface area contributed by atoms with Gasteiger partial charge >= 0.3 is 17.9 Å². The molecule has 0 N–H and O–H groups in total. The highest BCUT2D eigenvalue weighted by Crippen LogP contribution is 2.40. The minimum absolute atomic E-state index is 0.00528. The minimum atomic E-state index is -1.37. The Labute approximate surface area is 135 Å². The van der Waals surface area contributed by atoms with Gasteiger partial charge in [-0.2, -0.15) is 0 Å². The Hall–Kier alpha value is -2.09. The first-order valence-corrected chi connectivity index (χ1v) is 6.94. The third kappa shape index (κ3) is 5.03. The first-order chi connectivity index (χ1) is 10.2. The van der Waals surface area contributed by atoms with Gasteiger partial charge in [-0.05, 0) is 12.1 Å². The van der Waals surface area contributed by atoms with Gasteiger partial charge in [-0.3, -0.25) is 14.4 Å². The van der Waals surface area contributed by atoms with E-state index in [4.69, 9.17) is 18.9 Å². The van der Waals surface area contributed by atoms with Gasteiger partial charge in [0.1, 0.15) is 0 Å². The van der Waals surface area contributed by atoms with Crippen molar-refractivity contribution in [2.45, 2.75) is 27.1 Å². The summed E-state index contributed by atoms with van der Waals surface area (Å²) in [6.07, 6.45) is -1.37. The van der Waals surface area contributed by atoms with Gasteiger partial charge in [0, 0.05) is 25.2 Å². The van der Waals surface area contributed by atoms with Crippen molar-refractivity contribution in [2.75, 3.05) is 7.11 Å². The molecule has 0 aliphatic carbocycles. The fourth-order valence-electron chi connectivity index (χ4n) is 1.62. The lowest BCUT2D eigenvalue weighted by molar-refractivity contribution is -0.186. The zero-order valence-corrected chi connectivity index (χ0v) is 14.1. The van der Waals surface area contributed by atoms with Crippen LogP contribution < -0.4 is 9.47 Å².